The number of rotatable bonds is 8. The van der Waals surface area contributed by atoms with Gasteiger partial charge in [0.1, 0.15) is 5.75 Å². The number of benzene rings is 2. The summed E-state index contributed by atoms with van der Waals surface area (Å²) in [7, 11) is 0. The minimum Gasteiger partial charge on any atom is -0.481 e. The van der Waals surface area contributed by atoms with Crippen molar-refractivity contribution in [2.75, 3.05) is 26.2 Å². The average Bonchev–Trinajstić information content (AvgIpc) is 2.82. The van der Waals surface area contributed by atoms with Crippen LogP contribution in [0.3, 0.4) is 0 Å². The highest BCUT2D eigenvalue weighted by molar-refractivity contribution is 5.98. The van der Waals surface area contributed by atoms with Crippen LogP contribution in [0.5, 0.6) is 5.75 Å². The molecule has 6 nitrogen and oxygen atoms in total. The topological polar surface area (TPSA) is 66.9 Å². The SMILES string of the molecule is Cc1ccc(C(=O)CCC(=O)N2CCN(C(=O)C(C)Oc3ccccc3C(C)C)CC2)cc1. The molecule has 0 N–H and O–H groups in total. The second-order valence-electron chi connectivity index (χ2n) is 8.95. The van der Waals surface area contributed by atoms with Crippen molar-refractivity contribution in [3.8, 4) is 5.75 Å². The third-order valence-corrected chi connectivity index (χ3v) is 6.08. The van der Waals surface area contributed by atoms with Crippen molar-refractivity contribution in [2.24, 2.45) is 0 Å². The summed E-state index contributed by atoms with van der Waals surface area (Å²) in [6.07, 6.45) is -0.216. The molecular weight excluding hydrogens is 416 g/mol. The predicted molar refractivity (Wildman–Crippen MR) is 129 cm³/mol. The largest absolute Gasteiger partial charge is 0.481 e. The highest BCUT2D eigenvalue weighted by Crippen LogP contribution is 2.27. The molecule has 0 saturated carbocycles. The second-order valence-corrected chi connectivity index (χ2v) is 8.95. The smallest absolute Gasteiger partial charge is 0.263 e. The van der Waals surface area contributed by atoms with Gasteiger partial charge >= 0.3 is 0 Å². The van der Waals surface area contributed by atoms with E-state index >= 15 is 0 Å². The lowest BCUT2D eigenvalue weighted by atomic mass is 10.0. The van der Waals surface area contributed by atoms with Crippen molar-refractivity contribution in [2.45, 2.75) is 52.6 Å². The Morgan fingerprint density at radius 1 is 0.848 bits per heavy atom. The first kappa shape index (κ1) is 24.5. The highest BCUT2D eigenvalue weighted by atomic mass is 16.5. The Hall–Kier alpha value is -3.15. The Kier molecular flexibility index (Phi) is 8.26. The third-order valence-electron chi connectivity index (χ3n) is 6.08. The zero-order valence-electron chi connectivity index (χ0n) is 20.0. The molecule has 1 saturated heterocycles. The van der Waals surface area contributed by atoms with E-state index in [1.807, 2.05) is 43.3 Å². The van der Waals surface area contributed by atoms with Crippen LogP contribution in [-0.2, 0) is 9.59 Å². The molecule has 1 atom stereocenters. The van der Waals surface area contributed by atoms with Crippen molar-refractivity contribution in [1.29, 1.82) is 0 Å². The molecule has 2 aromatic rings. The number of amides is 2. The van der Waals surface area contributed by atoms with Gasteiger partial charge in [0.15, 0.2) is 11.9 Å². The molecule has 0 bridgehead atoms. The van der Waals surface area contributed by atoms with Crippen LogP contribution in [0.1, 0.15) is 61.0 Å². The summed E-state index contributed by atoms with van der Waals surface area (Å²) in [5.41, 5.74) is 2.81. The molecule has 0 aliphatic carbocycles. The monoisotopic (exact) mass is 450 g/mol. The number of hydrogen-bond acceptors (Lipinski definition) is 4. The van der Waals surface area contributed by atoms with Crippen molar-refractivity contribution in [1.82, 2.24) is 9.80 Å². The zero-order valence-corrected chi connectivity index (χ0v) is 20.0. The van der Waals surface area contributed by atoms with E-state index in [0.717, 1.165) is 16.9 Å². The van der Waals surface area contributed by atoms with Crippen LogP contribution in [0.4, 0.5) is 0 Å². The van der Waals surface area contributed by atoms with Crippen LogP contribution in [0.2, 0.25) is 0 Å². The Balaban J connectivity index is 1.46. The van der Waals surface area contributed by atoms with Crippen molar-refractivity contribution in [3.05, 3.63) is 65.2 Å². The molecular formula is C27H34N2O4. The summed E-state index contributed by atoms with van der Waals surface area (Å²) in [6, 6.07) is 15.2. The van der Waals surface area contributed by atoms with E-state index in [9.17, 15) is 14.4 Å². The van der Waals surface area contributed by atoms with Gasteiger partial charge in [0.2, 0.25) is 5.91 Å². The van der Waals surface area contributed by atoms with Crippen LogP contribution in [0, 0.1) is 6.92 Å². The zero-order chi connectivity index (χ0) is 24.0. The molecule has 2 amide bonds. The summed E-state index contributed by atoms with van der Waals surface area (Å²) in [4.78, 5) is 41.3. The fourth-order valence-corrected chi connectivity index (χ4v) is 4.00. The fraction of sp³-hybridized carbons (Fsp3) is 0.444. The Morgan fingerprint density at radius 2 is 1.45 bits per heavy atom. The van der Waals surface area contributed by atoms with Gasteiger partial charge in [-0.3, -0.25) is 14.4 Å². The number of ketones is 1. The number of piperazine rings is 1. The van der Waals surface area contributed by atoms with E-state index < -0.39 is 6.10 Å². The Bertz CT molecular complexity index is 976. The van der Waals surface area contributed by atoms with Crippen molar-refractivity contribution >= 4 is 17.6 Å². The van der Waals surface area contributed by atoms with E-state index in [1.165, 1.54) is 0 Å². The number of carbonyl (C=O) groups is 3. The summed E-state index contributed by atoms with van der Waals surface area (Å²) >= 11 is 0. The van der Waals surface area contributed by atoms with Crippen molar-refractivity contribution in [3.63, 3.8) is 0 Å². The van der Waals surface area contributed by atoms with Crippen LogP contribution in [-0.4, -0.2) is 59.7 Å². The third kappa shape index (κ3) is 6.44. The summed E-state index contributed by atoms with van der Waals surface area (Å²) in [5, 5.41) is 0. The van der Waals surface area contributed by atoms with Gasteiger partial charge in [-0.15, -0.1) is 0 Å². The molecule has 33 heavy (non-hydrogen) atoms. The van der Waals surface area contributed by atoms with Gasteiger partial charge in [-0.1, -0.05) is 61.9 Å². The normalized spacial score (nSPS) is 14.8. The molecule has 1 unspecified atom stereocenters. The van der Waals surface area contributed by atoms with Gasteiger partial charge in [-0.25, -0.2) is 0 Å². The fourth-order valence-electron chi connectivity index (χ4n) is 4.00. The summed E-state index contributed by atoms with van der Waals surface area (Å²) < 4.78 is 6.00. The lowest BCUT2D eigenvalue weighted by Gasteiger charge is -2.36. The maximum Gasteiger partial charge on any atom is 0.263 e. The Labute approximate surface area is 196 Å². The quantitative estimate of drug-likeness (QED) is 0.565. The number of ether oxygens (including phenoxy) is 1. The molecule has 176 valence electrons. The number of Topliss-reactive ketones (excluding diaryl/α,β-unsaturated/α-hetero) is 1. The number of carbonyl (C=O) groups excluding carboxylic acids is 3. The molecule has 1 heterocycles. The first-order valence-corrected chi connectivity index (χ1v) is 11.7. The van der Waals surface area contributed by atoms with E-state index in [4.69, 9.17) is 4.74 Å². The Morgan fingerprint density at radius 3 is 2.09 bits per heavy atom. The van der Waals surface area contributed by atoms with Gasteiger partial charge in [0.05, 0.1) is 0 Å². The molecule has 2 aromatic carbocycles. The maximum absolute atomic E-state index is 12.9. The van der Waals surface area contributed by atoms with Crippen molar-refractivity contribution < 1.29 is 19.1 Å². The van der Waals surface area contributed by atoms with E-state index in [0.29, 0.717) is 37.7 Å². The second kappa shape index (κ2) is 11.1. The minimum absolute atomic E-state index is 0.0233. The van der Waals surface area contributed by atoms with Crippen LogP contribution < -0.4 is 4.74 Å². The predicted octanol–water partition coefficient (Wildman–Crippen LogP) is 4.22. The summed E-state index contributed by atoms with van der Waals surface area (Å²) in [5.74, 6) is 0.897. The van der Waals surface area contributed by atoms with E-state index in [-0.39, 0.29) is 30.4 Å². The molecule has 1 aliphatic rings. The van der Waals surface area contributed by atoms with E-state index in [2.05, 4.69) is 13.8 Å². The van der Waals surface area contributed by atoms with Gasteiger partial charge < -0.3 is 14.5 Å². The first-order valence-electron chi connectivity index (χ1n) is 11.7. The number of nitrogens with zero attached hydrogens (tertiary/aromatic N) is 2. The standard InChI is InChI=1S/C27H34N2O4/c1-19(2)23-7-5-6-8-25(23)33-21(4)27(32)29-17-15-28(16-18-29)26(31)14-13-24(30)22-11-9-20(3)10-12-22/h5-12,19,21H,13-18H2,1-4H3. The molecule has 1 fully saturated rings. The lowest BCUT2D eigenvalue weighted by Crippen LogP contribution is -2.53. The molecule has 0 spiro atoms. The minimum atomic E-state index is -0.598. The molecule has 0 radical (unpaired) electrons. The van der Waals surface area contributed by atoms with Crippen LogP contribution in [0.25, 0.3) is 0 Å². The van der Waals surface area contributed by atoms with Crippen LogP contribution >= 0.6 is 0 Å². The number of hydrogen-bond donors (Lipinski definition) is 0. The maximum atomic E-state index is 12.9. The van der Waals surface area contributed by atoms with Gasteiger partial charge in [-0.05, 0) is 31.4 Å². The number of para-hydroxylation sites is 1. The molecule has 1 aliphatic heterocycles. The van der Waals surface area contributed by atoms with Gasteiger partial charge in [0, 0.05) is 44.6 Å². The van der Waals surface area contributed by atoms with E-state index in [1.54, 1.807) is 28.9 Å². The van der Waals surface area contributed by atoms with Crippen LogP contribution in [0.15, 0.2) is 48.5 Å². The lowest BCUT2D eigenvalue weighted by molar-refractivity contribution is -0.143. The molecule has 6 heteroatoms. The van der Waals surface area contributed by atoms with Gasteiger partial charge in [-0.2, -0.15) is 0 Å². The molecule has 0 aromatic heterocycles. The number of aryl methyl sites for hydroxylation is 1. The average molecular weight is 451 g/mol. The molecule has 3 rings (SSSR count). The summed E-state index contributed by atoms with van der Waals surface area (Å²) in [6.45, 7) is 9.81. The van der Waals surface area contributed by atoms with Gasteiger partial charge in [0.25, 0.3) is 5.91 Å². The first-order chi connectivity index (χ1) is 15.8. The highest BCUT2D eigenvalue weighted by Gasteiger charge is 2.28.